The minimum absolute atomic E-state index is 0.102. The molecule has 0 spiro atoms. The van der Waals surface area contributed by atoms with E-state index in [1.165, 1.54) is 4.90 Å². The third kappa shape index (κ3) is 2.60. The first-order chi connectivity index (χ1) is 12.6. The van der Waals surface area contributed by atoms with Gasteiger partial charge in [0, 0.05) is 41.0 Å². The molecule has 4 aromatic rings. The van der Waals surface area contributed by atoms with Crippen molar-refractivity contribution in [2.75, 3.05) is 13.6 Å². The Bertz CT molecular complexity index is 1180. The van der Waals surface area contributed by atoms with Crippen LogP contribution < -0.4 is 0 Å². The lowest BCUT2D eigenvalue weighted by Gasteiger charge is -2.13. The Balaban J connectivity index is 1.78. The van der Waals surface area contributed by atoms with Gasteiger partial charge in [-0.1, -0.05) is 12.0 Å². The normalized spacial score (nSPS) is 11.0. The average Bonchev–Trinajstić information content (AvgIpc) is 3.22. The molecule has 0 radical (unpaired) electrons. The number of amides is 1. The molecule has 0 atom stereocenters. The molecule has 3 heterocycles. The zero-order chi connectivity index (χ0) is 18.3. The van der Waals surface area contributed by atoms with Crippen LogP contribution in [0.25, 0.3) is 33.3 Å². The Morgan fingerprint density at radius 2 is 2.12 bits per heavy atom. The number of carbonyl (C=O) groups excluding carboxylic acids is 1. The summed E-state index contributed by atoms with van der Waals surface area (Å²) in [7, 11) is 1.69. The highest BCUT2D eigenvalue weighted by Gasteiger charge is 2.14. The van der Waals surface area contributed by atoms with Gasteiger partial charge in [-0.2, -0.15) is 0 Å². The van der Waals surface area contributed by atoms with Gasteiger partial charge in [0.25, 0.3) is 5.91 Å². The van der Waals surface area contributed by atoms with Crippen molar-refractivity contribution in [3.63, 3.8) is 0 Å². The first kappa shape index (κ1) is 15.9. The fraction of sp³-hybridized carbons (Fsp3) is 0.150. The van der Waals surface area contributed by atoms with Gasteiger partial charge >= 0.3 is 0 Å². The largest absolute Gasteiger partial charge is 0.354 e. The summed E-state index contributed by atoms with van der Waals surface area (Å²) < 4.78 is 0. The van der Waals surface area contributed by atoms with E-state index in [1.54, 1.807) is 13.2 Å². The van der Waals surface area contributed by atoms with Crippen LogP contribution >= 0.6 is 0 Å². The van der Waals surface area contributed by atoms with E-state index >= 15 is 0 Å². The maximum atomic E-state index is 12.4. The number of rotatable bonds is 3. The Labute approximate surface area is 150 Å². The summed E-state index contributed by atoms with van der Waals surface area (Å²) in [5.41, 5.74) is 4.96. The predicted octanol–water partition coefficient (Wildman–Crippen LogP) is 3.12. The summed E-state index contributed by atoms with van der Waals surface area (Å²) in [6.45, 7) is 2.18. The van der Waals surface area contributed by atoms with Crippen molar-refractivity contribution in [3.8, 4) is 23.6 Å². The molecule has 0 bridgehead atoms. The van der Waals surface area contributed by atoms with E-state index in [-0.39, 0.29) is 12.5 Å². The lowest BCUT2D eigenvalue weighted by atomic mass is 10.1. The van der Waals surface area contributed by atoms with Crippen LogP contribution in [-0.4, -0.2) is 44.3 Å². The maximum Gasteiger partial charge on any atom is 0.254 e. The maximum absolute atomic E-state index is 12.4. The van der Waals surface area contributed by atoms with E-state index < -0.39 is 0 Å². The molecule has 1 amide bonds. The average molecular weight is 343 g/mol. The molecule has 0 aliphatic heterocycles. The van der Waals surface area contributed by atoms with Crippen molar-refractivity contribution in [1.29, 1.82) is 0 Å². The van der Waals surface area contributed by atoms with Crippen molar-refractivity contribution in [2.45, 2.75) is 6.92 Å². The van der Waals surface area contributed by atoms with Crippen molar-refractivity contribution in [2.24, 2.45) is 0 Å². The van der Waals surface area contributed by atoms with Crippen molar-refractivity contribution >= 4 is 28.0 Å². The third-order valence-corrected chi connectivity index (χ3v) is 4.34. The van der Waals surface area contributed by atoms with E-state index in [2.05, 4.69) is 25.9 Å². The van der Waals surface area contributed by atoms with Gasteiger partial charge in [-0.25, -0.2) is 9.97 Å². The van der Waals surface area contributed by atoms with Gasteiger partial charge in [0.15, 0.2) is 5.65 Å². The lowest BCUT2D eigenvalue weighted by molar-refractivity contribution is 0.0813. The van der Waals surface area contributed by atoms with Crippen LogP contribution in [0.5, 0.6) is 0 Å². The summed E-state index contributed by atoms with van der Waals surface area (Å²) in [6.07, 6.45) is 7.04. The summed E-state index contributed by atoms with van der Waals surface area (Å²) in [4.78, 5) is 29.3. The number of benzene rings is 1. The number of imidazole rings is 1. The predicted molar refractivity (Wildman–Crippen MR) is 102 cm³/mol. The second-order valence-electron chi connectivity index (χ2n) is 6.23. The van der Waals surface area contributed by atoms with E-state index in [0.717, 1.165) is 39.1 Å². The number of nitrogens with one attached hydrogen (secondary N) is 2. The number of terminal acetylenes is 1. The van der Waals surface area contributed by atoms with Crippen LogP contribution in [0.3, 0.4) is 0 Å². The quantitative estimate of drug-likeness (QED) is 0.561. The number of aromatic amines is 2. The molecule has 0 fully saturated rings. The molecule has 0 aliphatic rings. The van der Waals surface area contributed by atoms with Gasteiger partial charge in [0.2, 0.25) is 0 Å². The zero-order valence-corrected chi connectivity index (χ0v) is 14.5. The number of aryl methyl sites for hydroxylation is 1. The van der Waals surface area contributed by atoms with Crippen LogP contribution in [0, 0.1) is 19.3 Å². The Hall–Kier alpha value is -3.59. The van der Waals surface area contributed by atoms with Crippen LogP contribution in [0.4, 0.5) is 0 Å². The minimum atomic E-state index is -0.102. The molecule has 0 saturated heterocycles. The molecule has 6 heteroatoms. The first-order valence-corrected chi connectivity index (χ1v) is 8.20. The topological polar surface area (TPSA) is 77.7 Å². The van der Waals surface area contributed by atoms with Gasteiger partial charge in [-0.3, -0.25) is 4.79 Å². The van der Waals surface area contributed by atoms with Crippen LogP contribution in [-0.2, 0) is 0 Å². The second kappa shape index (κ2) is 6.05. The number of nitrogens with zero attached hydrogens (tertiary/aromatic N) is 3. The fourth-order valence-corrected chi connectivity index (χ4v) is 3.08. The summed E-state index contributed by atoms with van der Waals surface area (Å²) >= 11 is 0. The molecular weight excluding hydrogens is 326 g/mol. The monoisotopic (exact) mass is 343 g/mol. The summed E-state index contributed by atoms with van der Waals surface area (Å²) in [6, 6.07) is 9.58. The molecule has 128 valence electrons. The lowest BCUT2D eigenvalue weighted by Crippen LogP contribution is -2.26. The molecule has 0 saturated carbocycles. The van der Waals surface area contributed by atoms with E-state index in [1.807, 2.05) is 37.3 Å². The minimum Gasteiger partial charge on any atom is -0.354 e. The van der Waals surface area contributed by atoms with Crippen LogP contribution in [0.1, 0.15) is 16.2 Å². The summed E-state index contributed by atoms with van der Waals surface area (Å²) in [5.74, 6) is 3.20. The number of aromatic nitrogens is 4. The molecule has 6 nitrogen and oxygen atoms in total. The Kier molecular flexibility index (Phi) is 3.70. The number of carbonyl (C=O) groups is 1. The van der Waals surface area contributed by atoms with Gasteiger partial charge in [-0.05, 0) is 31.2 Å². The van der Waals surface area contributed by atoms with Crippen molar-refractivity contribution < 1.29 is 4.79 Å². The number of H-pyrrole nitrogens is 2. The molecule has 2 N–H and O–H groups in total. The van der Waals surface area contributed by atoms with Gasteiger partial charge < -0.3 is 14.9 Å². The smallest absolute Gasteiger partial charge is 0.254 e. The number of pyridine rings is 1. The number of hydrogen-bond acceptors (Lipinski definition) is 3. The second-order valence-corrected chi connectivity index (χ2v) is 6.23. The molecule has 0 unspecified atom stereocenters. The zero-order valence-electron chi connectivity index (χ0n) is 14.5. The molecule has 3 aromatic heterocycles. The first-order valence-electron chi connectivity index (χ1n) is 8.20. The van der Waals surface area contributed by atoms with Gasteiger partial charge in [0.05, 0.1) is 6.54 Å². The Morgan fingerprint density at radius 1 is 1.27 bits per heavy atom. The van der Waals surface area contributed by atoms with E-state index in [9.17, 15) is 4.79 Å². The Morgan fingerprint density at radius 3 is 2.92 bits per heavy atom. The number of fused-ring (bicyclic) bond motifs is 2. The molecular formula is C20H17N5O. The van der Waals surface area contributed by atoms with Crippen molar-refractivity contribution in [1.82, 2.24) is 24.8 Å². The molecule has 4 rings (SSSR count). The standard InChI is InChI=1S/C20H17N5O/c1-4-9-25(3)20(26)14-6-5-13-10-17(24-16(13)11-14)15-7-8-21-19-18(15)22-12(2)23-19/h1,5-8,10-11,24H,9H2,2-3H3,(H,21,22,23). The van der Waals surface area contributed by atoms with E-state index in [4.69, 9.17) is 6.42 Å². The highest BCUT2D eigenvalue weighted by molar-refractivity contribution is 6.00. The highest BCUT2D eigenvalue weighted by atomic mass is 16.2. The van der Waals surface area contributed by atoms with Crippen molar-refractivity contribution in [3.05, 3.63) is 47.9 Å². The van der Waals surface area contributed by atoms with E-state index in [0.29, 0.717) is 5.56 Å². The fourth-order valence-electron chi connectivity index (χ4n) is 3.08. The summed E-state index contributed by atoms with van der Waals surface area (Å²) in [5, 5.41) is 1.02. The van der Waals surface area contributed by atoms with Gasteiger partial charge in [-0.15, -0.1) is 6.42 Å². The third-order valence-electron chi connectivity index (χ3n) is 4.34. The SMILES string of the molecule is C#CCN(C)C(=O)c1ccc2cc(-c3ccnc4[nH]c(C)nc34)[nH]c2c1. The van der Waals surface area contributed by atoms with Crippen LogP contribution in [0.2, 0.25) is 0 Å². The molecule has 1 aromatic carbocycles. The molecule has 26 heavy (non-hydrogen) atoms. The van der Waals surface area contributed by atoms with Crippen LogP contribution in [0.15, 0.2) is 36.5 Å². The highest BCUT2D eigenvalue weighted by Crippen LogP contribution is 2.29. The van der Waals surface area contributed by atoms with Gasteiger partial charge in [0.1, 0.15) is 11.3 Å². The molecule has 0 aliphatic carbocycles. The number of hydrogen-bond donors (Lipinski definition) is 2.